The molecule has 2 aromatic rings. The van der Waals surface area contributed by atoms with E-state index in [-0.39, 0.29) is 18.2 Å². The molecule has 3 rings (SSSR count). The molecule has 2 heterocycles. The highest BCUT2D eigenvalue weighted by Gasteiger charge is 2.24. The predicted octanol–water partition coefficient (Wildman–Crippen LogP) is 1.20. The Hall–Kier alpha value is -1.88. The Bertz CT molecular complexity index is 634. The molecular formula is C13H13NO4. The molecule has 1 saturated heterocycles. The third-order valence-corrected chi connectivity index (χ3v) is 3.27. The van der Waals surface area contributed by atoms with Crippen LogP contribution in [0.15, 0.2) is 33.5 Å². The first-order chi connectivity index (χ1) is 8.75. The molecule has 0 N–H and O–H groups in total. The molecule has 0 saturated carbocycles. The maximum Gasteiger partial charge on any atom is 0.420 e. The van der Waals surface area contributed by atoms with Gasteiger partial charge in [-0.05, 0) is 18.6 Å². The van der Waals surface area contributed by atoms with E-state index in [0.717, 1.165) is 6.42 Å². The summed E-state index contributed by atoms with van der Waals surface area (Å²) in [5, 5.41) is 0. The summed E-state index contributed by atoms with van der Waals surface area (Å²) in [6, 6.07) is 7.11. The summed E-state index contributed by atoms with van der Waals surface area (Å²) in [6.45, 7) is 1.14. The molecule has 5 heteroatoms. The van der Waals surface area contributed by atoms with Crippen LogP contribution in [-0.4, -0.2) is 23.6 Å². The lowest BCUT2D eigenvalue weighted by molar-refractivity contribution is -0.123. The van der Waals surface area contributed by atoms with Gasteiger partial charge in [0.1, 0.15) is 0 Å². The zero-order chi connectivity index (χ0) is 12.5. The Labute approximate surface area is 103 Å². The van der Waals surface area contributed by atoms with E-state index in [1.165, 1.54) is 4.57 Å². The van der Waals surface area contributed by atoms with Crippen LogP contribution >= 0.6 is 0 Å². The number of fused-ring (bicyclic) bond motifs is 1. The fraction of sp³-hybridized carbons (Fsp3) is 0.385. The fourth-order valence-electron chi connectivity index (χ4n) is 2.24. The van der Waals surface area contributed by atoms with Crippen molar-refractivity contribution < 1.29 is 13.9 Å². The lowest BCUT2D eigenvalue weighted by atomic mass is 10.0. The van der Waals surface area contributed by atoms with Crippen molar-refractivity contribution in [2.24, 2.45) is 5.92 Å². The molecule has 1 aromatic carbocycles. The van der Waals surface area contributed by atoms with Crippen molar-refractivity contribution in [1.29, 1.82) is 0 Å². The van der Waals surface area contributed by atoms with Crippen LogP contribution in [0.1, 0.15) is 6.42 Å². The molecule has 0 spiro atoms. The van der Waals surface area contributed by atoms with Crippen molar-refractivity contribution in [3.63, 3.8) is 0 Å². The quantitative estimate of drug-likeness (QED) is 0.817. The zero-order valence-corrected chi connectivity index (χ0v) is 9.80. The number of ketones is 1. The van der Waals surface area contributed by atoms with E-state index in [4.69, 9.17) is 9.15 Å². The number of hydrogen-bond acceptors (Lipinski definition) is 4. The van der Waals surface area contributed by atoms with E-state index in [9.17, 15) is 9.59 Å². The van der Waals surface area contributed by atoms with E-state index >= 15 is 0 Å². The normalized spacial score (nSPS) is 19.4. The number of para-hydroxylation sites is 2. The van der Waals surface area contributed by atoms with Gasteiger partial charge < -0.3 is 9.15 Å². The zero-order valence-electron chi connectivity index (χ0n) is 9.80. The van der Waals surface area contributed by atoms with Gasteiger partial charge in [-0.2, -0.15) is 0 Å². The molecule has 1 aliphatic rings. The van der Waals surface area contributed by atoms with Crippen LogP contribution in [-0.2, 0) is 16.1 Å². The molecule has 94 valence electrons. The molecule has 0 aliphatic carbocycles. The van der Waals surface area contributed by atoms with Crippen LogP contribution in [0.3, 0.4) is 0 Å². The Morgan fingerprint density at radius 2 is 2.22 bits per heavy atom. The van der Waals surface area contributed by atoms with Gasteiger partial charge in [0.25, 0.3) is 0 Å². The Morgan fingerprint density at radius 3 is 3.00 bits per heavy atom. The summed E-state index contributed by atoms with van der Waals surface area (Å²) in [5.41, 5.74) is 1.17. The van der Waals surface area contributed by atoms with Crippen LogP contribution in [0.4, 0.5) is 0 Å². The average Bonchev–Trinajstić information content (AvgIpc) is 2.98. The monoisotopic (exact) mass is 247 g/mol. The predicted molar refractivity (Wildman–Crippen MR) is 64.4 cm³/mol. The Balaban J connectivity index is 1.92. The van der Waals surface area contributed by atoms with Gasteiger partial charge in [0.05, 0.1) is 18.7 Å². The van der Waals surface area contributed by atoms with Gasteiger partial charge in [-0.15, -0.1) is 0 Å². The molecule has 1 unspecified atom stereocenters. The van der Waals surface area contributed by atoms with Gasteiger partial charge in [0.2, 0.25) is 0 Å². The lowest BCUT2D eigenvalue weighted by Crippen LogP contribution is -2.25. The van der Waals surface area contributed by atoms with Gasteiger partial charge in [-0.1, -0.05) is 12.1 Å². The number of carbonyl (C=O) groups is 1. The fourth-order valence-corrected chi connectivity index (χ4v) is 2.24. The van der Waals surface area contributed by atoms with E-state index < -0.39 is 5.76 Å². The Morgan fingerprint density at radius 1 is 1.39 bits per heavy atom. The maximum absolute atomic E-state index is 12.0. The smallest absolute Gasteiger partial charge is 0.408 e. The largest absolute Gasteiger partial charge is 0.420 e. The second-order valence-electron chi connectivity index (χ2n) is 4.45. The van der Waals surface area contributed by atoms with Gasteiger partial charge in [-0.25, -0.2) is 4.79 Å². The number of rotatable bonds is 3. The maximum atomic E-state index is 12.0. The molecule has 0 radical (unpaired) electrons. The minimum atomic E-state index is -0.483. The number of ether oxygens (including phenoxy) is 1. The number of carbonyl (C=O) groups excluding carboxylic acids is 1. The number of aromatic nitrogens is 1. The van der Waals surface area contributed by atoms with Gasteiger partial charge in [0, 0.05) is 12.5 Å². The summed E-state index contributed by atoms with van der Waals surface area (Å²) >= 11 is 0. The van der Waals surface area contributed by atoms with Crippen molar-refractivity contribution in [3.8, 4) is 0 Å². The van der Waals surface area contributed by atoms with Crippen LogP contribution in [0.5, 0.6) is 0 Å². The summed E-state index contributed by atoms with van der Waals surface area (Å²) in [4.78, 5) is 23.7. The van der Waals surface area contributed by atoms with Gasteiger partial charge in [0.15, 0.2) is 11.4 Å². The standard InChI is InChI=1S/C13H13NO4/c15-11(9-5-6-17-8-9)7-14-10-3-1-2-4-12(10)18-13(14)16/h1-4,9H,5-8H2. The lowest BCUT2D eigenvalue weighted by Gasteiger charge is -2.06. The molecule has 0 bridgehead atoms. The van der Waals surface area contributed by atoms with E-state index in [0.29, 0.717) is 24.3 Å². The molecule has 1 aliphatic heterocycles. The summed E-state index contributed by atoms with van der Waals surface area (Å²) in [5.74, 6) is -0.546. The number of benzene rings is 1. The highest BCUT2D eigenvalue weighted by Crippen LogP contribution is 2.16. The van der Waals surface area contributed by atoms with Crippen molar-refractivity contribution >= 4 is 16.9 Å². The third-order valence-electron chi connectivity index (χ3n) is 3.27. The number of oxazole rings is 1. The SMILES string of the molecule is O=C(Cn1c(=O)oc2ccccc21)C1CCOC1. The minimum Gasteiger partial charge on any atom is -0.408 e. The second-order valence-corrected chi connectivity index (χ2v) is 4.45. The average molecular weight is 247 g/mol. The van der Waals surface area contributed by atoms with Crippen LogP contribution in [0.2, 0.25) is 0 Å². The van der Waals surface area contributed by atoms with E-state index in [1.807, 2.05) is 6.07 Å². The minimum absolute atomic E-state index is 0.0288. The molecule has 18 heavy (non-hydrogen) atoms. The first-order valence-electron chi connectivity index (χ1n) is 5.94. The summed E-state index contributed by atoms with van der Waals surface area (Å²) in [7, 11) is 0. The molecule has 1 aromatic heterocycles. The van der Waals surface area contributed by atoms with Crippen LogP contribution in [0.25, 0.3) is 11.1 Å². The second kappa shape index (κ2) is 4.42. The number of Topliss-reactive ketones (excluding diaryl/α,β-unsaturated/α-hetero) is 1. The molecular weight excluding hydrogens is 234 g/mol. The molecule has 0 amide bonds. The number of nitrogens with zero attached hydrogens (tertiary/aromatic N) is 1. The van der Waals surface area contributed by atoms with Crippen LogP contribution < -0.4 is 5.76 Å². The Kier molecular flexibility index (Phi) is 2.76. The first kappa shape index (κ1) is 11.2. The first-order valence-corrected chi connectivity index (χ1v) is 5.94. The molecule has 5 nitrogen and oxygen atoms in total. The molecule has 1 fully saturated rings. The molecule has 1 atom stereocenters. The van der Waals surface area contributed by atoms with Crippen molar-refractivity contribution in [2.75, 3.05) is 13.2 Å². The van der Waals surface area contributed by atoms with Crippen molar-refractivity contribution in [1.82, 2.24) is 4.57 Å². The highest BCUT2D eigenvalue weighted by atomic mass is 16.5. The van der Waals surface area contributed by atoms with E-state index in [1.54, 1.807) is 18.2 Å². The van der Waals surface area contributed by atoms with Crippen molar-refractivity contribution in [2.45, 2.75) is 13.0 Å². The third kappa shape index (κ3) is 1.86. The van der Waals surface area contributed by atoms with Crippen LogP contribution in [0, 0.1) is 5.92 Å². The van der Waals surface area contributed by atoms with Gasteiger partial charge in [-0.3, -0.25) is 9.36 Å². The topological polar surface area (TPSA) is 61.4 Å². The summed E-state index contributed by atoms with van der Waals surface area (Å²) in [6.07, 6.45) is 0.739. The van der Waals surface area contributed by atoms with E-state index in [2.05, 4.69) is 0 Å². The van der Waals surface area contributed by atoms with Gasteiger partial charge >= 0.3 is 5.76 Å². The summed E-state index contributed by atoms with van der Waals surface area (Å²) < 4.78 is 11.7. The van der Waals surface area contributed by atoms with Crippen molar-refractivity contribution in [3.05, 3.63) is 34.8 Å². The number of hydrogen-bond donors (Lipinski definition) is 0. The highest BCUT2D eigenvalue weighted by molar-refractivity contribution is 5.83.